The van der Waals surface area contributed by atoms with E-state index in [9.17, 15) is 4.79 Å². The topological polar surface area (TPSA) is 72.9 Å². The van der Waals surface area contributed by atoms with Crippen molar-refractivity contribution in [1.29, 1.82) is 0 Å². The molecule has 0 aliphatic rings. The summed E-state index contributed by atoms with van der Waals surface area (Å²) in [5.41, 5.74) is 3.22. The minimum absolute atomic E-state index is 0.317. The third kappa shape index (κ3) is 1.22. The molecule has 0 radical (unpaired) electrons. The maximum Gasteiger partial charge on any atom is 0.283 e. The van der Waals surface area contributed by atoms with Crippen molar-refractivity contribution >= 4 is 5.91 Å². The number of nitrogens with one attached hydrogen (secondary N) is 1. The second-order valence-electron chi connectivity index (χ2n) is 2.26. The van der Waals surface area contributed by atoms with Gasteiger partial charge in [0.2, 0.25) is 0 Å². The molecule has 0 aromatic carbocycles. The zero-order valence-electron chi connectivity index (χ0n) is 6.46. The predicted molar refractivity (Wildman–Crippen MR) is 39.6 cm³/mol. The van der Waals surface area contributed by atoms with E-state index in [1.54, 1.807) is 24.9 Å². The minimum atomic E-state index is -0.317. The highest BCUT2D eigenvalue weighted by atomic mass is 16.2. The fraction of sp³-hybridized carbons (Fsp3) is 0.333. The van der Waals surface area contributed by atoms with E-state index < -0.39 is 0 Å². The molecule has 0 aliphatic carbocycles. The number of nitrogens with two attached hydrogens (primary N) is 1. The Morgan fingerprint density at radius 2 is 2.45 bits per heavy atom. The molecule has 0 atom stereocenters. The van der Waals surface area contributed by atoms with Crippen molar-refractivity contribution in [2.45, 2.75) is 6.92 Å². The number of imidazole rings is 1. The number of aryl methyl sites for hydroxylation is 2. The van der Waals surface area contributed by atoms with Crippen LogP contribution in [0.15, 0.2) is 6.33 Å². The number of hydrogen-bond acceptors (Lipinski definition) is 3. The number of carbonyl (C=O) groups excluding carboxylic acids is 1. The van der Waals surface area contributed by atoms with Gasteiger partial charge in [0.05, 0.1) is 12.0 Å². The molecule has 11 heavy (non-hydrogen) atoms. The maximum atomic E-state index is 11.0. The second-order valence-corrected chi connectivity index (χ2v) is 2.26. The van der Waals surface area contributed by atoms with Gasteiger partial charge in [-0.1, -0.05) is 0 Å². The lowest BCUT2D eigenvalue weighted by atomic mass is 10.3. The first-order chi connectivity index (χ1) is 5.16. The van der Waals surface area contributed by atoms with Crippen LogP contribution in [0.3, 0.4) is 0 Å². The average molecular weight is 154 g/mol. The van der Waals surface area contributed by atoms with Crippen LogP contribution in [0.25, 0.3) is 0 Å². The first kappa shape index (κ1) is 7.74. The van der Waals surface area contributed by atoms with Gasteiger partial charge in [0.1, 0.15) is 5.69 Å². The Morgan fingerprint density at radius 3 is 2.82 bits per heavy atom. The Morgan fingerprint density at radius 1 is 1.82 bits per heavy atom. The van der Waals surface area contributed by atoms with E-state index >= 15 is 0 Å². The lowest BCUT2D eigenvalue weighted by Crippen LogP contribution is -2.31. The summed E-state index contributed by atoms with van der Waals surface area (Å²) in [4.78, 5) is 15.0. The van der Waals surface area contributed by atoms with Crippen molar-refractivity contribution in [1.82, 2.24) is 15.0 Å². The van der Waals surface area contributed by atoms with Gasteiger partial charge in [-0.15, -0.1) is 0 Å². The Labute approximate surface area is 64.2 Å². The van der Waals surface area contributed by atoms with Crippen molar-refractivity contribution in [3.8, 4) is 0 Å². The molecular formula is C6H10N4O. The molecule has 5 nitrogen and oxygen atoms in total. The molecule has 0 saturated heterocycles. The van der Waals surface area contributed by atoms with E-state index in [2.05, 4.69) is 4.98 Å². The minimum Gasteiger partial charge on any atom is -0.329 e. The third-order valence-corrected chi connectivity index (χ3v) is 1.47. The van der Waals surface area contributed by atoms with Crippen LogP contribution in [-0.2, 0) is 7.05 Å². The van der Waals surface area contributed by atoms with Gasteiger partial charge in [0.15, 0.2) is 0 Å². The van der Waals surface area contributed by atoms with Crippen LogP contribution in [0.1, 0.15) is 16.2 Å². The molecule has 1 heterocycles. The summed E-state index contributed by atoms with van der Waals surface area (Å²) in [5.74, 6) is 4.64. The van der Waals surface area contributed by atoms with Crippen LogP contribution in [0.5, 0.6) is 0 Å². The molecule has 1 rings (SSSR count). The van der Waals surface area contributed by atoms with Gasteiger partial charge in [0, 0.05) is 7.05 Å². The molecular weight excluding hydrogens is 144 g/mol. The molecule has 60 valence electrons. The first-order valence-corrected chi connectivity index (χ1v) is 3.15. The predicted octanol–water partition coefficient (Wildman–Crippen LogP) is -0.668. The monoisotopic (exact) mass is 154 g/mol. The smallest absolute Gasteiger partial charge is 0.283 e. The molecule has 0 unspecified atom stereocenters. The highest BCUT2D eigenvalue weighted by Crippen LogP contribution is 2.02. The van der Waals surface area contributed by atoms with E-state index in [0.717, 1.165) is 0 Å². The van der Waals surface area contributed by atoms with Gasteiger partial charge >= 0.3 is 0 Å². The van der Waals surface area contributed by atoms with Gasteiger partial charge in [0.25, 0.3) is 5.91 Å². The molecule has 0 bridgehead atoms. The van der Waals surface area contributed by atoms with E-state index in [4.69, 9.17) is 5.84 Å². The number of amides is 1. The van der Waals surface area contributed by atoms with Crippen LogP contribution < -0.4 is 11.3 Å². The van der Waals surface area contributed by atoms with Crippen molar-refractivity contribution in [3.05, 3.63) is 17.7 Å². The second kappa shape index (κ2) is 2.71. The number of nitrogens with zero attached hydrogens (tertiary/aromatic N) is 2. The van der Waals surface area contributed by atoms with Crippen LogP contribution >= 0.6 is 0 Å². The Balaban J connectivity index is 3.10. The SMILES string of the molecule is Cc1ncn(C)c1C(=O)NN. The molecule has 0 fully saturated rings. The fourth-order valence-corrected chi connectivity index (χ4v) is 0.940. The van der Waals surface area contributed by atoms with Crippen LogP contribution in [0.4, 0.5) is 0 Å². The van der Waals surface area contributed by atoms with E-state index in [-0.39, 0.29) is 5.91 Å². The molecule has 0 spiro atoms. The van der Waals surface area contributed by atoms with Crippen molar-refractivity contribution in [2.24, 2.45) is 12.9 Å². The van der Waals surface area contributed by atoms with Crippen LogP contribution in [0, 0.1) is 6.92 Å². The maximum absolute atomic E-state index is 11.0. The lowest BCUT2D eigenvalue weighted by Gasteiger charge is -2.00. The summed E-state index contributed by atoms with van der Waals surface area (Å²) in [5, 5.41) is 0. The standard InChI is InChI=1S/C6H10N4O/c1-4-5(6(11)9-7)10(2)3-8-4/h3H,7H2,1-2H3,(H,9,11). The van der Waals surface area contributed by atoms with E-state index in [1.807, 2.05) is 5.43 Å². The quantitative estimate of drug-likeness (QED) is 0.320. The normalized spacial score (nSPS) is 9.73. The summed E-state index contributed by atoms with van der Waals surface area (Å²) in [7, 11) is 1.74. The number of nitrogen functional groups attached to an aromatic ring is 1. The zero-order chi connectivity index (χ0) is 8.43. The molecule has 3 N–H and O–H groups in total. The molecule has 0 saturated carbocycles. The number of hydrazine groups is 1. The highest BCUT2D eigenvalue weighted by molar-refractivity contribution is 5.93. The molecule has 1 aromatic rings. The average Bonchev–Trinajstić information content (AvgIpc) is 2.30. The lowest BCUT2D eigenvalue weighted by molar-refractivity contribution is 0.0945. The molecule has 1 amide bonds. The van der Waals surface area contributed by atoms with Crippen LogP contribution in [0.2, 0.25) is 0 Å². The fourth-order valence-electron chi connectivity index (χ4n) is 0.940. The number of hydrogen-bond donors (Lipinski definition) is 2. The highest BCUT2D eigenvalue weighted by Gasteiger charge is 2.11. The molecule has 1 aromatic heterocycles. The van der Waals surface area contributed by atoms with Crippen molar-refractivity contribution < 1.29 is 4.79 Å². The first-order valence-electron chi connectivity index (χ1n) is 3.15. The summed E-state index contributed by atoms with van der Waals surface area (Å²) in [6, 6.07) is 0. The third-order valence-electron chi connectivity index (χ3n) is 1.47. The Kier molecular flexibility index (Phi) is 1.91. The summed E-state index contributed by atoms with van der Waals surface area (Å²) in [6.07, 6.45) is 1.57. The summed E-state index contributed by atoms with van der Waals surface area (Å²) >= 11 is 0. The zero-order valence-corrected chi connectivity index (χ0v) is 6.46. The van der Waals surface area contributed by atoms with Crippen molar-refractivity contribution in [2.75, 3.05) is 0 Å². The number of aromatic nitrogens is 2. The largest absolute Gasteiger partial charge is 0.329 e. The molecule has 5 heteroatoms. The van der Waals surface area contributed by atoms with Gasteiger partial charge < -0.3 is 4.57 Å². The number of rotatable bonds is 1. The summed E-state index contributed by atoms with van der Waals surface area (Å²) in [6.45, 7) is 1.75. The Hall–Kier alpha value is -1.36. The van der Waals surface area contributed by atoms with Gasteiger partial charge in [-0.3, -0.25) is 10.2 Å². The summed E-state index contributed by atoms with van der Waals surface area (Å²) < 4.78 is 1.62. The van der Waals surface area contributed by atoms with Gasteiger partial charge in [-0.2, -0.15) is 0 Å². The van der Waals surface area contributed by atoms with E-state index in [1.165, 1.54) is 0 Å². The Bertz CT molecular complexity index is 259. The molecule has 0 aliphatic heterocycles. The number of carbonyl (C=O) groups is 1. The van der Waals surface area contributed by atoms with Crippen LogP contribution in [-0.4, -0.2) is 15.5 Å². The van der Waals surface area contributed by atoms with Crippen molar-refractivity contribution in [3.63, 3.8) is 0 Å². The van der Waals surface area contributed by atoms with Gasteiger partial charge in [-0.05, 0) is 6.92 Å². The van der Waals surface area contributed by atoms with Gasteiger partial charge in [-0.25, -0.2) is 10.8 Å². The van der Waals surface area contributed by atoms with E-state index in [0.29, 0.717) is 11.4 Å².